The Labute approximate surface area is 119 Å². The van der Waals surface area contributed by atoms with E-state index in [0.29, 0.717) is 13.2 Å². The van der Waals surface area contributed by atoms with E-state index in [9.17, 15) is 4.79 Å². The zero-order chi connectivity index (χ0) is 14.0. The van der Waals surface area contributed by atoms with Crippen LogP contribution in [0, 0.1) is 0 Å². The van der Waals surface area contributed by atoms with Crippen LogP contribution in [0.2, 0.25) is 0 Å². The fraction of sp³-hybridized carbons (Fsp3) is 0.562. The largest absolute Gasteiger partial charge is 0.486 e. The van der Waals surface area contributed by atoms with Crippen molar-refractivity contribution in [2.45, 2.75) is 38.0 Å². The first kappa shape index (κ1) is 13.3. The molecule has 1 N–H and O–H groups in total. The van der Waals surface area contributed by atoms with Gasteiger partial charge < -0.3 is 14.8 Å². The summed E-state index contributed by atoms with van der Waals surface area (Å²) in [5.74, 6) is 1.70. The normalized spacial score (nSPS) is 18.4. The highest BCUT2D eigenvalue weighted by Crippen LogP contribution is 2.50. The Bertz CT molecular complexity index is 508. The van der Waals surface area contributed by atoms with Gasteiger partial charge in [-0.05, 0) is 37.0 Å². The number of fused-ring (bicyclic) bond motifs is 1. The number of amides is 1. The lowest BCUT2D eigenvalue weighted by molar-refractivity contribution is -0.123. The van der Waals surface area contributed by atoms with E-state index in [0.717, 1.165) is 49.3 Å². The van der Waals surface area contributed by atoms with Crippen LogP contribution in [-0.2, 0) is 10.2 Å². The number of hydrogen-bond acceptors (Lipinski definition) is 3. The third-order valence-electron chi connectivity index (χ3n) is 4.10. The molecule has 2 aliphatic rings. The Morgan fingerprint density at radius 2 is 2.00 bits per heavy atom. The van der Waals surface area contributed by atoms with Crippen molar-refractivity contribution in [1.29, 1.82) is 0 Å². The summed E-state index contributed by atoms with van der Waals surface area (Å²) in [7, 11) is 0. The van der Waals surface area contributed by atoms with Gasteiger partial charge in [0.15, 0.2) is 11.5 Å². The van der Waals surface area contributed by atoms with Gasteiger partial charge >= 0.3 is 0 Å². The van der Waals surface area contributed by atoms with Crippen molar-refractivity contribution >= 4 is 5.91 Å². The van der Waals surface area contributed by atoms with Crippen LogP contribution in [0.4, 0.5) is 0 Å². The summed E-state index contributed by atoms with van der Waals surface area (Å²) < 4.78 is 11.1. The molecule has 1 amide bonds. The smallest absolute Gasteiger partial charge is 0.230 e. The van der Waals surface area contributed by atoms with Gasteiger partial charge in [-0.25, -0.2) is 0 Å². The predicted molar refractivity (Wildman–Crippen MR) is 76.3 cm³/mol. The van der Waals surface area contributed by atoms with E-state index < -0.39 is 0 Å². The predicted octanol–water partition coefficient (Wildman–Crippen LogP) is 2.41. The first-order valence-corrected chi connectivity index (χ1v) is 7.45. The molecular weight excluding hydrogens is 254 g/mol. The quantitative estimate of drug-likeness (QED) is 0.839. The van der Waals surface area contributed by atoms with Crippen LogP contribution < -0.4 is 14.8 Å². The molecule has 0 spiro atoms. The van der Waals surface area contributed by atoms with Crippen LogP contribution in [0.15, 0.2) is 18.2 Å². The van der Waals surface area contributed by atoms with Crippen LogP contribution >= 0.6 is 0 Å². The number of ether oxygens (including phenoxy) is 2. The van der Waals surface area contributed by atoms with Gasteiger partial charge in [0.1, 0.15) is 13.2 Å². The molecule has 108 valence electrons. The highest BCUT2D eigenvalue weighted by molar-refractivity contribution is 5.91. The van der Waals surface area contributed by atoms with Crippen molar-refractivity contribution in [3.63, 3.8) is 0 Å². The number of nitrogens with one attached hydrogen (secondary N) is 1. The summed E-state index contributed by atoms with van der Waals surface area (Å²) in [5, 5.41) is 3.05. The van der Waals surface area contributed by atoms with Crippen molar-refractivity contribution < 1.29 is 14.3 Å². The molecule has 0 saturated heterocycles. The van der Waals surface area contributed by atoms with Gasteiger partial charge in [0.25, 0.3) is 0 Å². The van der Waals surface area contributed by atoms with E-state index in [1.54, 1.807) is 0 Å². The molecule has 1 aromatic carbocycles. The average Bonchev–Trinajstić information content (AvgIpc) is 3.29. The zero-order valence-electron chi connectivity index (χ0n) is 11.9. The van der Waals surface area contributed by atoms with E-state index in [1.165, 1.54) is 0 Å². The SMILES string of the molecule is CCCCNC(=O)C1(c2ccc3c(c2)OCCO3)CC1. The third kappa shape index (κ3) is 2.35. The van der Waals surface area contributed by atoms with Crippen LogP contribution in [0.1, 0.15) is 38.2 Å². The standard InChI is InChI=1S/C16H21NO3/c1-2-3-8-17-15(18)16(6-7-16)12-4-5-13-14(11-12)20-10-9-19-13/h4-5,11H,2-3,6-10H2,1H3,(H,17,18). The number of benzene rings is 1. The molecule has 0 atom stereocenters. The van der Waals surface area contributed by atoms with Crippen LogP contribution in [0.3, 0.4) is 0 Å². The zero-order valence-corrected chi connectivity index (χ0v) is 11.9. The minimum Gasteiger partial charge on any atom is -0.486 e. The number of carbonyl (C=O) groups excluding carboxylic acids is 1. The Morgan fingerprint density at radius 1 is 1.25 bits per heavy atom. The second kappa shape index (κ2) is 5.35. The van der Waals surface area contributed by atoms with Crippen molar-refractivity contribution in [3.05, 3.63) is 23.8 Å². The fourth-order valence-corrected chi connectivity index (χ4v) is 2.66. The average molecular weight is 275 g/mol. The van der Waals surface area contributed by atoms with Gasteiger partial charge in [0, 0.05) is 6.54 Å². The molecule has 0 unspecified atom stereocenters. The molecule has 0 bridgehead atoms. The number of rotatable bonds is 5. The molecule has 4 heteroatoms. The number of hydrogen-bond donors (Lipinski definition) is 1. The highest BCUT2D eigenvalue weighted by Gasteiger charge is 2.51. The first-order chi connectivity index (χ1) is 9.76. The Morgan fingerprint density at radius 3 is 2.70 bits per heavy atom. The second-order valence-electron chi connectivity index (χ2n) is 5.55. The van der Waals surface area contributed by atoms with Gasteiger partial charge in [0.05, 0.1) is 5.41 Å². The molecule has 1 fully saturated rings. The van der Waals surface area contributed by atoms with Gasteiger partial charge in [-0.15, -0.1) is 0 Å². The highest BCUT2D eigenvalue weighted by atomic mass is 16.6. The fourth-order valence-electron chi connectivity index (χ4n) is 2.66. The minimum absolute atomic E-state index is 0.155. The lowest BCUT2D eigenvalue weighted by Gasteiger charge is -2.21. The summed E-state index contributed by atoms with van der Waals surface area (Å²) >= 11 is 0. The molecule has 20 heavy (non-hydrogen) atoms. The Hall–Kier alpha value is -1.71. The van der Waals surface area contributed by atoms with Crippen LogP contribution in [-0.4, -0.2) is 25.7 Å². The summed E-state index contributed by atoms with van der Waals surface area (Å²) in [6, 6.07) is 5.89. The molecule has 1 saturated carbocycles. The third-order valence-corrected chi connectivity index (χ3v) is 4.10. The number of carbonyl (C=O) groups is 1. The lowest BCUT2D eigenvalue weighted by Crippen LogP contribution is -2.35. The Kier molecular flexibility index (Phi) is 3.55. The van der Waals surface area contributed by atoms with E-state index in [-0.39, 0.29) is 11.3 Å². The van der Waals surface area contributed by atoms with Gasteiger partial charge in [-0.3, -0.25) is 4.79 Å². The maximum absolute atomic E-state index is 12.4. The van der Waals surface area contributed by atoms with Crippen molar-refractivity contribution in [1.82, 2.24) is 5.32 Å². The monoisotopic (exact) mass is 275 g/mol. The second-order valence-corrected chi connectivity index (χ2v) is 5.55. The molecular formula is C16H21NO3. The maximum atomic E-state index is 12.4. The first-order valence-electron chi connectivity index (χ1n) is 7.45. The van der Waals surface area contributed by atoms with Crippen LogP contribution in [0.25, 0.3) is 0 Å². The van der Waals surface area contributed by atoms with E-state index >= 15 is 0 Å². The maximum Gasteiger partial charge on any atom is 0.230 e. The lowest BCUT2D eigenvalue weighted by atomic mass is 9.94. The molecule has 1 aromatic rings. The van der Waals surface area contributed by atoms with E-state index in [2.05, 4.69) is 12.2 Å². The molecule has 0 aromatic heterocycles. The molecule has 1 aliphatic carbocycles. The van der Waals surface area contributed by atoms with Crippen molar-refractivity contribution in [2.75, 3.05) is 19.8 Å². The van der Waals surface area contributed by atoms with E-state index in [1.807, 2.05) is 18.2 Å². The summed E-state index contributed by atoms with van der Waals surface area (Å²) in [4.78, 5) is 12.4. The van der Waals surface area contributed by atoms with Crippen LogP contribution in [0.5, 0.6) is 11.5 Å². The molecule has 1 aliphatic heterocycles. The Balaban J connectivity index is 1.76. The minimum atomic E-state index is -0.330. The van der Waals surface area contributed by atoms with Crippen molar-refractivity contribution in [2.24, 2.45) is 0 Å². The summed E-state index contributed by atoms with van der Waals surface area (Å²) in [6.07, 6.45) is 3.97. The van der Waals surface area contributed by atoms with Gasteiger partial charge in [-0.1, -0.05) is 19.4 Å². The van der Waals surface area contributed by atoms with E-state index in [4.69, 9.17) is 9.47 Å². The summed E-state index contributed by atoms with van der Waals surface area (Å²) in [6.45, 7) is 4.06. The number of unbranched alkanes of at least 4 members (excludes halogenated alkanes) is 1. The molecule has 0 radical (unpaired) electrons. The molecule has 1 heterocycles. The topological polar surface area (TPSA) is 47.6 Å². The van der Waals surface area contributed by atoms with Crippen molar-refractivity contribution in [3.8, 4) is 11.5 Å². The van der Waals surface area contributed by atoms with Gasteiger partial charge in [0.2, 0.25) is 5.91 Å². The summed E-state index contributed by atoms with van der Waals surface area (Å²) in [5.41, 5.74) is 0.722. The van der Waals surface area contributed by atoms with Gasteiger partial charge in [-0.2, -0.15) is 0 Å². The molecule has 4 nitrogen and oxygen atoms in total. The molecule has 3 rings (SSSR count).